The molecular formula is C10H18N4O2. The fraction of sp³-hybridized carbons (Fsp3) is 0.500. The first-order valence-electron chi connectivity index (χ1n) is 5.08. The second kappa shape index (κ2) is 7.44. The Morgan fingerprint density at radius 1 is 1.50 bits per heavy atom. The summed E-state index contributed by atoms with van der Waals surface area (Å²) in [6.07, 6.45) is 3.73. The van der Waals surface area contributed by atoms with Crippen LogP contribution >= 0.6 is 0 Å². The smallest absolute Gasteiger partial charge is 0.324 e. The quantitative estimate of drug-likeness (QED) is 0.785. The van der Waals surface area contributed by atoms with Gasteiger partial charge in [-0.2, -0.15) is 5.10 Å². The number of hydrogen-bond donors (Lipinski definition) is 1. The van der Waals surface area contributed by atoms with Gasteiger partial charge in [0, 0.05) is 20.3 Å². The predicted molar refractivity (Wildman–Crippen MR) is 62.4 cm³/mol. The molecule has 1 aromatic heterocycles. The molecule has 0 aliphatic carbocycles. The molecule has 2 amide bonds. The highest BCUT2D eigenvalue weighted by atomic mass is 16.2. The predicted octanol–water partition coefficient (Wildman–Crippen LogP) is 1.12. The van der Waals surface area contributed by atoms with Crippen molar-refractivity contribution in [2.45, 2.75) is 13.8 Å². The van der Waals surface area contributed by atoms with Gasteiger partial charge in [0.05, 0.1) is 18.4 Å². The highest BCUT2D eigenvalue weighted by Crippen LogP contribution is 2.11. The number of hydrogen-bond acceptors (Lipinski definition) is 3. The van der Waals surface area contributed by atoms with Crippen LogP contribution in [0.3, 0.4) is 0 Å². The maximum atomic E-state index is 11.6. The van der Waals surface area contributed by atoms with E-state index in [2.05, 4.69) is 10.2 Å². The molecule has 16 heavy (non-hydrogen) atoms. The van der Waals surface area contributed by atoms with Gasteiger partial charge >= 0.3 is 6.03 Å². The van der Waals surface area contributed by atoms with Gasteiger partial charge in [0.25, 0.3) is 0 Å². The topological polar surface area (TPSA) is 69.3 Å². The summed E-state index contributed by atoms with van der Waals surface area (Å²) in [5.74, 6) is 0. The van der Waals surface area contributed by atoms with Crippen LogP contribution in [0.5, 0.6) is 0 Å². The SMILES string of the molecule is CC.CN(C)C(=O)N(CC=O)c1cn[nH]c1. The molecule has 1 N–H and O–H groups in total. The standard InChI is InChI=1S/C8H12N4O2.C2H6/c1-11(2)8(14)12(3-4-13)7-5-9-10-6-7;1-2/h4-6H,3H2,1-2H3,(H,9,10);1-2H3. The van der Waals surface area contributed by atoms with Crippen molar-refractivity contribution in [3.63, 3.8) is 0 Å². The Morgan fingerprint density at radius 2 is 2.12 bits per heavy atom. The second-order valence-corrected chi connectivity index (χ2v) is 2.91. The number of rotatable bonds is 3. The van der Waals surface area contributed by atoms with E-state index in [0.29, 0.717) is 12.0 Å². The maximum Gasteiger partial charge on any atom is 0.324 e. The maximum absolute atomic E-state index is 11.6. The lowest BCUT2D eigenvalue weighted by Gasteiger charge is -2.22. The average molecular weight is 226 g/mol. The Bertz CT molecular complexity index is 309. The van der Waals surface area contributed by atoms with Crippen LogP contribution in [0.4, 0.5) is 10.5 Å². The number of carbonyl (C=O) groups excluding carboxylic acids is 2. The van der Waals surface area contributed by atoms with E-state index < -0.39 is 0 Å². The minimum absolute atomic E-state index is 0.0244. The molecule has 0 aromatic carbocycles. The summed E-state index contributed by atoms with van der Waals surface area (Å²) >= 11 is 0. The van der Waals surface area contributed by atoms with Crippen LogP contribution in [0, 0.1) is 0 Å². The first-order valence-corrected chi connectivity index (χ1v) is 5.08. The van der Waals surface area contributed by atoms with E-state index in [1.54, 1.807) is 20.3 Å². The van der Waals surface area contributed by atoms with Crippen molar-refractivity contribution in [1.29, 1.82) is 0 Å². The van der Waals surface area contributed by atoms with Gasteiger partial charge < -0.3 is 9.69 Å². The van der Waals surface area contributed by atoms with Crippen molar-refractivity contribution < 1.29 is 9.59 Å². The molecule has 0 bridgehead atoms. The lowest BCUT2D eigenvalue weighted by Crippen LogP contribution is -2.40. The lowest BCUT2D eigenvalue weighted by atomic mass is 10.4. The van der Waals surface area contributed by atoms with Crippen LogP contribution in [-0.2, 0) is 4.79 Å². The van der Waals surface area contributed by atoms with Gasteiger partial charge in [-0.15, -0.1) is 0 Å². The molecular weight excluding hydrogens is 208 g/mol. The molecule has 1 aromatic rings. The fourth-order valence-electron chi connectivity index (χ4n) is 1.00. The van der Waals surface area contributed by atoms with Gasteiger partial charge in [-0.25, -0.2) is 4.79 Å². The van der Waals surface area contributed by atoms with Gasteiger partial charge in [-0.05, 0) is 0 Å². The third-order valence-corrected chi connectivity index (χ3v) is 1.67. The minimum atomic E-state index is -0.251. The molecule has 0 atom stereocenters. The van der Waals surface area contributed by atoms with E-state index in [-0.39, 0.29) is 12.6 Å². The third kappa shape index (κ3) is 3.72. The zero-order valence-electron chi connectivity index (χ0n) is 10.1. The summed E-state index contributed by atoms with van der Waals surface area (Å²) in [6, 6.07) is -0.251. The molecule has 1 heterocycles. The Balaban J connectivity index is 0.00000106. The van der Waals surface area contributed by atoms with Crippen molar-refractivity contribution in [3.8, 4) is 0 Å². The Hall–Kier alpha value is -1.85. The van der Waals surface area contributed by atoms with Crippen molar-refractivity contribution >= 4 is 18.0 Å². The summed E-state index contributed by atoms with van der Waals surface area (Å²) in [6.45, 7) is 4.02. The van der Waals surface area contributed by atoms with E-state index in [1.165, 1.54) is 16.0 Å². The van der Waals surface area contributed by atoms with E-state index in [4.69, 9.17) is 0 Å². The van der Waals surface area contributed by atoms with E-state index in [1.807, 2.05) is 13.8 Å². The number of carbonyl (C=O) groups is 2. The van der Waals surface area contributed by atoms with Crippen LogP contribution in [-0.4, -0.2) is 48.1 Å². The van der Waals surface area contributed by atoms with Gasteiger partial charge in [0.2, 0.25) is 0 Å². The van der Waals surface area contributed by atoms with Crippen molar-refractivity contribution in [2.75, 3.05) is 25.5 Å². The Kier molecular flexibility index (Phi) is 6.58. The Morgan fingerprint density at radius 3 is 2.50 bits per heavy atom. The van der Waals surface area contributed by atoms with Crippen molar-refractivity contribution in [3.05, 3.63) is 12.4 Å². The molecule has 0 saturated heterocycles. The van der Waals surface area contributed by atoms with Crippen LogP contribution in [0.1, 0.15) is 13.8 Å². The zero-order chi connectivity index (χ0) is 12.6. The Labute approximate surface area is 95.2 Å². The summed E-state index contributed by atoms with van der Waals surface area (Å²) in [5.41, 5.74) is 0.579. The first-order chi connectivity index (χ1) is 7.66. The monoisotopic (exact) mass is 226 g/mol. The van der Waals surface area contributed by atoms with Gasteiger partial charge in [-0.1, -0.05) is 13.8 Å². The molecule has 0 aliphatic rings. The fourth-order valence-corrected chi connectivity index (χ4v) is 1.00. The van der Waals surface area contributed by atoms with Gasteiger partial charge in [0.15, 0.2) is 0 Å². The molecule has 90 valence electrons. The summed E-state index contributed by atoms with van der Waals surface area (Å²) in [7, 11) is 3.25. The van der Waals surface area contributed by atoms with Crippen LogP contribution in [0.15, 0.2) is 12.4 Å². The molecule has 0 radical (unpaired) electrons. The number of aromatic nitrogens is 2. The number of urea groups is 1. The zero-order valence-corrected chi connectivity index (χ0v) is 10.1. The largest absolute Gasteiger partial charge is 0.330 e. The van der Waals surface area contributed by atoms with E-state index >= 15 is 0 Å². The number of anilines is 1. The molecule has 6 heteroatoms. The molecule has 6 nitrogen and oxygen atoms in total. The minimum Gasteiger partial charge on any atom is -0.330 e. The van der Waals surface area contributed by atoms with Crippen LogP contribution in [0.2, 0.25) is 0 Å². The van der Waals surface area contributed by atoms with Crippen LogP contribution < -0.4 is 4.90 Å². The molecule has 0 unspecified atom stereocenters. The average Bonchev–Trinajstić information content (AvgIpc) is 2.81. The normalized spacial score (nSPS) is 8.75. The lowest BCUT2D eigenvalue weighted by molar-refractivity contribution is -0.106. The number of aromatic amines is 1. The number of nitrogens with one attached hydrogen (secondary N) is 1. The second-order valence-electron chi connectivity index (χ2n) is 2.91. The van der Waals surface area contributed by atoms with E-state index in [0.717, 1.165) is 0 Å². The number of H-pyrrole nitrogens is 1. The van der Waals surface area contributed by atoms with Gasteiger partial charge in [0.1, 0.15) is 6.29 Å². The molecule has 0 fully saturated rings. The molecule has 0 spiro atoms. The highest BCUT2D eigenvalue weighted by Gasteiger charge is 2.17. The number of amides is 2. The van der Waals surface area contributed by atoms with Crippen molar-refractivity contribution in [1.82, 2.24) is 15.1 Å². The summed E-state index contributed by atoms with van der Waals surface area (Å²) in [5, 5.41) is 6.30. The first kappa shape index (κ1) is 14.2. The summed E-state index contributed by atoms with van der Waals surface area (Å²) in [4.78, 5) is 24.7. The number of nitrogens with zero attached hydrogens (tertiary/aromatic N) is 3. The third-order valence-electron chi connectivity index (χ3n) is 1.67. The molecule has 1 rings (SSSR count). The summed E-state index contributed by atoms with van der Waals surface area (Å²) < 4.78 is 0. The molecule has 0 aliphatic heterocycles. The van der Waals surface area contributed by atoms with E-state index in [9.17, 15) is 9.59 Å². The highest BCUT2D eigenvalue weighted by molar-refractivity contribution is 5.93. The molecule has 0 saturated carbocycles. The number of aldehydes is 1. The van der Waals surface area contributed by atoms with Crippen molar-refractivity contribution in [2.24, 2.45) is 0 Å². The van der Waals surface area contributed by atoms with Gasteiger partial charge in [-0.3, -0.25) is 10.00 Å². The van der Waals surface area contributed by atoms with Crippen LogP contribution in [0.25, 0.3) is 0 Å².